The molecule has 2 heterocycles. The molecule has 5 nitrogen and oxygen atoms in total. The van der Waals surface area contributed by atoms with Crippen LogP contribution in [0, 0.1) is 12.7 Å². The predicted molar refractivity (Wildman–Crippen MR) is 101 cm³/mol. The molecule has 2 N–H and O–H groups in total. The zero-order valence-corrected chi connectivity index (χ0v) is 15.0. The number of pyridine rings is 1. The molecule has 138 valence electrons. The summed E-state index contributed by atoms with van der Waals surface area (Å²) < 4.78 is 13.3. The van der Waals surface area contributed by atoms with Gasteiger partial charge in [0, 0.05) is 50.3 Å². The van der Waals surface area contributed by atoms with Crippen molar-refractivity contribution in [2.45, 2.75) is 25.8 Å². The number of hydrogen-bond donors (Lipinski definition) is 2. The summed E-state index contributed by atoms with van der Waals surface area (Å²) in [6.07, 6.45) is 5.29. The maximum Gasteiger partial charge on any atom is 0.252 e. The first-order chi connectivity index (χ1) is 12.6. The molecule has 0 bridgehead atoms. The number of anilines is 1. The number of aryl methyl sites for hydroxylation is 1. The minimum atomic E-state index is -0.184. The molecule has 1 amide bonds. The van der Waals surface area contributed by atoms with Gasteiger partial charge in [-0.25, -0.2) is 4.39 Å². The lowest BCUT2D eigenvalue weighted by Gasteiger charge is -2.35. The van der Waals surface area contributed by atoms with Crippen molar-refractivity contribution in [3.8, 4) is 0 Å². The Bertz CT molecular complexity index is 730. The van der Waals surface area contributed by atoms with Gasteiger partial charge in [0.25, 0.3) is 5.91 Å². The Balaban J connectivity index is 1.37. The number of nitrogens with one attached hydrogen (secondary N) is 2. The Morgan fingerprint density at radius 1 is 1.27 bits per heavy atom. The molecule has 1 saturated heterocycles. The first kappa shape index (κ1) is 18.3. The number of rotatable bonds is 6. The quantitative estimate of drug-likeness (QED) is 0.781. The van der Waals surface area contributed by atoms with Crippen molar-refractivity contribution in [2.75, 3.05) is 31.1 Å². The molecular weight excluding hydrogens is 331 g/mol. The Morgan fingerprint density at radius 2 is 2.08 bits per heavy atom. The van der Waals surface area contributed by atoms with E-state index in [1.165, 1.54) is 6.07 Å². The molecule has 26 heavy (non-hydrogen) atoms. The molecule has 3 rings (SSSR count). The monoisotopic (exact) mass is 356 g/mol. The van der Waals surface area contributed by atoms with Crippen LogP contribution in [-0.2, 0) is 0 Å². The lowest BCUT2D eigenvalue weighted by molar-refractivity contribution is 0.0953. The summed E-state index contributed by atoms with van der Waals surface area (Å²) in [5.41, 5.74) is 2.68. The van der Waals surface area contributed by atoms with E-state index in [2.05, 4.69) is 20.5 Å². The lowest BCUT2D eigenvalue weighted by atomic mass is 10.0. The van der Waals surface area contributed by atoms with Crippen molar-refractivity contribution >= 4 is 11.6 Å². The van der Waals surface area contributed by atoms with Crippen LogP contribution in [-0.4, -0.2) is 43.1 Å². The van der Waals surface area contributed by atoms with E-state index in [0.29, 0.717) is 18.2 Å². The van der Waals surface area contributed by atoms with Crippen LogP contribution in [0.3, 0.4) is 0 Å². The Hall–Kier alpha value is -2.47. The van der Waals surface area contributed by atoms with Crippen molar-refractivity contribution in [3.05, 3.63) is 59.7 Å². The average Bonchev–Trinajstić information content (AvgIpc) is 2.66. The number of piperidine rings is 1. The van der Waals surface area contributed by atoms with Gasteiger partial charge in [0.05, 0.1) is 5.56 Å². The lowest BCUT2D eigenvalue weighted by Crippen LogP contribution is -2.44. The van der Waals surface area contributed by atoms with Crippen LogP contribution in [0.15, 0.2) is 42.7 Å². The first-order valence-corrected chi connectivity index (χ1v) is 9.06. The van der Waals surface area contributed by atoms with E-state index in [1.807, 2.05) is 13.0 Å². The van der Waals surface area contributed by atoms with Crippen LogP contribution in [0.4, 0.5) is 10.1 Å². The Morgan fingerprint density at radius 3 is 2.77 bits per heavy atom. The van der Waals surface area contributed by atoms with Crippen molar-refractivity contribution < 1.29 is 9.18 Å². The van der Waals surface area contributed by atoms with Crippen LogP contribution in [0.1, 0.15) is 28.8 Å². The highest BCUT2D eigenvalue weighted by molar-refractivity contribution is 5.93. The second-order valence-electron chi connectivity index (χ2n) is 6.64. The van der Waals surface area contributed by atoms with Gasteiger partial charge in [-0.1, -0.05) is 0 Å². The van der Waals surface area contributed by atoms with Gasteiger partial charge >= 0.3 is 0 Å². The second kappa shape index (κ2) is 8.76. The number of carbonyl (C=O) groups is 1. The molecule has 6 heteroatoms. The summed E-state index contributed by atoms with van der Waals surface area (Å²) in [6, 6.07) is 8.93. The largest absolute Gasteiger partial charge is 0.371 e. The number of carbonyl (C=O) groups excluding carboxylic acids is 1. The standard InChI is InChI=1S/C20H25FN4O/c1-15-13-17(21)4-5-19(15)25-11-6-18(7-12-25)23-9-10-24-20(26)16-3-2-8-22-14-16/h2-5,8,13-14,18,23H,6-7,9-12H2,1H3,(H,24,26). The number of nitrogens with zero attached hydrogens (tertiary/aromatic N) is 2. The minimum absolute atomic E-state index is 0.0958. The van der Waals surface area contributed by atoms with Crippen LogP contribution < -0.4 is 15.5 Å². The molecular formula is C20H25FN4O. The smallest absolute Gasteiger partial charge is 0.252 e. The van der Waals surface area contributed by atoms with Crippen LogP contribution in [0.5, 0.6) is 0 Å². The third-order valence-electron chi connectivity index (χ3n) is 4.76. The van der Waals surface area contributed by atoms with E-state index in [4.69, 9.17) is 0 Å². The topological polar surface area (TPSA) is 57.3 Å². The van der Waals surface area contributed by atoms with E-state index >= 15 is 0 Å². The fourth-order valence-electron chi connectivity index (χ4n) is 3.35. The number of aromatic nitrogens is 1. The van der Waals surface area contributed by atoms with Crippen molar-refractivity contribution in [2.24, 2.45) is 0 Å². The van der Waals surface area contributed by atoms with Crippen LogP contribution in [0.25, 0.3) is 0 Å². The Kier molecular flexibility index (Phi) is 6.17. The SMILES string of the molecule is Cc1cc(F)ccc1N1CCC(NCCNC(=O)c2cccnc2)CC1. The highest BCUT2D eigenvalue weighted by Gasteiger charge is 2.20. The van der Waals surface area contributed by atoms with E-state index in [-0.39, 0.29) is 11.7 Å². The van der Waals surface area contributed by atoms with E-state index in [0.717, 1.165) is 43.7 Å². The molecule has 0 aliphatic carbocycles. The Labute approximate surface area is 153 Å². The molecule has 0 unspecified atom stereocenters. The number of benzene rings is 1. The van der Waals surface area contributed by atoms with Gasteiger partial charge in [-0.15, -0.1) is 0 Å². The second-order valence-corrected chi connectivity index (χ2v) is 6.64. The first-order valence-electron chi connectivity index (χ1n) is 9.06. The molecule has 1 aliphatic heterocycles. The highest BCUT2D eigenvalue weighted by atomic mass is 19.1. The molecule has 1 aromatic heterocycles. The fraction of sp³-hybridized carbons (Fsp3) is 0.400. The molecule has 2 aromatic rings. The molecule has 0 spiro atoms. The van der Waals surface area contributed by atoms with Crippen LogP contribution in [0.2, 0.25) is 0 Å². The highest BCUT2D eigenvalue weighted by Crippen LogP contribution is 2.24. The molecule has 1 aromatic carbocycles. The maximum absolute atomic E-state index is 13.3. The van der Waals surface area contributed by atoms with Crippen molar-refractivity contribution in [1.82, 2.24) is 15.6 Å². The molecule has 1 fully saturated rings. The zero-order chi connectivity index (χ0) is 18.4. The van der Waals surface area contributed by atoms with Crippen LogP contribution >= 0.6 is 0 Å². The molecule has 1 aliphatic rings. The molecule has 0 saturated carbocycles. The van der Waals surface area contributed by atoms with E-state index < -0.39 is 0 Å². The van der Waals surface area contributed by atoms with Gasteiger partial charge in [-0.3, -0.25) is 9.78 Å². The van der Waals surface area contributed by atoms with Gasteiger partial charge < -0.3 is 15.5 Å². The summed E-state index contributed by atoms with van der Waals surface area (Å²) >= 11 is 0. The van der Waals surface area contributed by atoms with E-state index in [9.17, 15) is 9.18 Å². The summed E-state index contributed by atoms with van der Waals surface area (Å²) in [4.78, 5) is 18.2. The van der Waals surface area contributed by atoms with E-state index in [1.54, 1.807) is 30.6 Å². The van der Waals surface area contributed by atoms with Gasteiger partial charge in [-0.05, 0) is 55.7 Å². The fourth-order valence-corrected chi connectivity index (χ4v) is 3.35. The normalized spacial score (nSPS) is 15.1. The summed E-state index contributed by atoms with van der Waals surface area (Å²) in [5, 5.41) is 6.41. The zero-order valence-electron chi connectivity index (χ0n) is 15.0. The summed E-state index contributed by atoms with van der Waals surface area (Å²) in [7, 11) is 0. The maximum atomic E-state index is 13.3. The predicted octanol–water partition coefficient (Wildman–Crippen LogP) is 2.52. The van der Waals surface area contributed by atoms with Gasteiger partial charge in [0.2, 0.25) is 0 Å². The number of hydrogen-bond acceptors (Lipinski definition) is 4. The summed E-state index contributed by atoms with van der Waals surface area (Å²) in [6.45, 7) is 5.18. The number of amides is 1. The van der Waals surface area contributed by atoms with Crippen molar-refractivity contribution in [3.63, 3.8) is 0 Å². The third-order valence-corrected chi connectivity index (χ3v) is 4.76. The van der Waals surface area contributed by atoms with Gasteiger partial charge in [0.1, 0.15) is 5.82 Å². The van der Waals surface area contributed by atoms with Crippen molar-refractivity contribution in [1.29, 1.82) is 0 Å². The summed E-state index contributed by atoms with van der Waals surface area (Å²) in [5.74, 6) is -0.280. The molecule has 0 radical (unpaired) electrons. The third kappa shape index (κ3) is 4.79. The average molecular weight is 356 g/mol. The van der Waals surface area contributed by atoms with Gasteiger partial charge in [-0.2, -0.15) is 0 Å². The molecule has 0 atom stereocenters. The number of halogens is 1. The minimum Gasteiger partial charge on any atom is -0.371 e. The van der Waals surface area contributed by atoms with Gasteiger partial charge in [0.15, 0.2) is 0 Å².